The Labute approximate surface area is 138 Å². The second kappa shape index (κ2) is 8.15. The minimum absolute atomic E-state index is 0.00942. The summed E-state index contributed by atoms with van der Waals surface area (Å²) in [5.41, 5.74) is 0.914. The van der Waals surface area contributed by atoms with E-state index in [9.17, 15) is 4.79 Å². The lowest BCUT2D eigenvalue weighted by molar-refractivity contribution is -0.120. The van der Waals surface area contributed by atoms with Crippen molar-refractivity contribution in [3.05, 3.63) is 40.4 Å². The van der Waals surface area contributed by atoms with Crippen molar-refractivity contribution in [1.29, 1.82) is 0 Å². The second-order valence-corrected chi connectivity index (χ2v) is 5.90. The Bertz CT molecular complexity index is 658. The zero-order valence-corrected chi connectivity index (χ0v) is 14.4. The Kier molecular flexibility index (Phi) is 6.21. The van der Waals surface area contributed by atoms with Crippen LogP contribution in [0.25, 0.3) is 10.8 Å². The van der Waals surface area contributed by atoms with E-state index in [1.54, 1.807) is 14.2 Å². The van der Waals surface area contributed by atoms with Crippen LogP contribution in [0.1, 0.15) is 12.0 Å². The molecular weight excluding hydrogens is 346 g/mol. The summed E-state index contributed by atoms with van der Waals surface area (Å²) in [5.74, 6) is 0.728. The lowest BCUT2D eigenvalue weighted by atomic mass is 10.0. The molecule has 1 amide bonds. The highest BCUT2D eigenvalue weighted by molar-refractivity contribution is 9.10. The van der Waals surface area contributed by atoms with Gasteiger partial charge in [-0.05, 0) is 35.4 Å². The van der Waals surface area contributed by atoms with Gasteiger partial charge < -0.3 is 14.8 Å². The van der Waals surface area contributed by atoms with Crippen LogP contribution in [0.15, 0.2) is 34.8 Å². The van der Waals surface area contributed by atoms with E-state index < -0.39 is 0 Å². The molecule has 0 atom stereocenters. The van der Waals surface area contributed by atoms with Gasteiger partial charge in [-0.2, -0.15) is 0 Å². The quantitative estimate of drug-likeness (QED) is 0.765. The molecular formula is C17H20BrNO3. The predicted molar refractivity (Wildman–Crippen MR) is 91.4 cm³/mol. The van der Waals surface area contributed by atoms with Crippen molar-refractivity contribution in [2.24, 2.45) is 0 Å². The number of rotatable bonds is 7. The first-order valence-electron chi connectivity index (χ1n) is 7.16. The topological polar surface area (TPSA) is 47.6 Å². The van der Waals surface area contributed by atoms with Crippen LogP contribution in [0.4, 0.5) is 0 Å². The summed E-state index contributed by atoms with van der Waals surface area (Å²) < 4.78 is 11.4. The summed E-state index contributed by atoms with van der Waals surface area (Å²) >= 11 is 3.47. The van der Waals surface area contributed by atoms with Crippen molar-refractivity contribution in [2.45, 2.75) is 12.8 Å². The molecule has 4 nitrogen and oxygen atoms in total. The van der Waals surface area contributed by atoms with Crippen LogP contribution in [0, 0.1) is 0 Å². The van der Waals surface area contributed by atoms with Crippen LogP contribution in [0.5, 0.6) is 5.75 Å². The number of halogens is 1. The number of nitrogens with one attached hydrogen (secondary N) is 1. The minimum atomic E-state index is -0.00942. The van der Waals surface area contributed by atoms with Gasteiger partial charge in [-0.15, -0.1) is 0 Å². The number of hydrogen-bond donors (Lipinski definition) is 1. The van der Waals surface area contributed by atoms with Crippen molar-refractivity contribution in [1.82, 2.24) is 5.32 Å². The van der Waals surface area contributed by atoms with Gasteiger partial charge in [0.05, 0.1) is 13.5 Å². The van der Waals surface area contributed by atoms with Gasteiger partial charge in [-0.1, -0.05) is 28.1 Å². The van der Waals surface area contributed by atoms with E-state index in [0.717, 1.165) is 33.0 Å². The van der Waals surface area contributed by atoms with E-state index in [1.165, 1.54) is 0 Å². The molecule has 0 saturated heterocycles. The van der Waals surface area contributed by atoms with Gasteiger partial charge in [0.1, 0.15) is 5.75 Å². The zero-order chi connectivity index (χ0) is 15.9. The fourth-order valence-electron chi connectivity index (χ4n) is 2.39. The standard InChI is InChI=1S/C17H20BrNO3/c1-21-9-3-8-19-17(20)11-15-14-6-5-13(18)10-12(14)4-7-16(15)22-2/h4-7,10H,3,8-9,11H2,1-2H3,(H,19,20). The monoisotopic (exact) mass is 365 g/mol. The lowest BCUT2D eigenvalue weighted by Gasteiger charge is -2.12. The first kappa shape index (κ1) is 16.8. The number of ether oxygens (including phenoxy) is 2. The molecule has 0 aromatic heterocycles. The molecule has 0 bridgehead atoms. The predicted octanol–water partition coefficient (Wildman–Crippen LogP) is 3.31. The molecule has 2 aromatic carbocycles. The molecule has 118 valence electrons. The van der Waals surface area contributed by atoms with Crippen LogP contribution < -0.4 is 10.1 Å². The van der Waals surface area contributed by atoms with Gasteiger partial charge in [0, 0.05) is 30.3 Å². The molecule has 22 heavy (non-hydrogen) atoms. The Hall–Kier alpha value is -1.59. The van der Waals surface area contributed by atoms with Crippen LogP contribution in [-0.4, -0.2) is 33.3 Å². The number of benzene rings is 2. The van der Waals surface area contributed by atoms with Gasteiger partial charge in [-0.25, -0.2) is 0 Å². The lowest BCUT2D eigenvalue weighted by Crippen LogP contribution is -2.27. The maximum Gasteiger partial charge on any atom is 0.224 e. The maximum atomic E-state index is 12.1. The number of hydrogen-bond acceptors (Lipinski definition) is 3. The third-order valence-electron chi connectivity index (χ3n) is 3.46. The highest BCUT2D eigenvalue weighted by Crippen LogP contribution is 2.30. The second-order valence-electron chi connectivity index (χ2n) is 4.98. The SMILES string of the molecule is COCCCNC(=O)Cc1c(OC)ccc2cc(Br)ccc12. The van der Waals surface area contributed by atoms with Crippen molar-refractivity contribution < 1.29 is 14.3 Å². The van der Waals surface area contributed by atoms with E-state index in [-0.39, 0.29) is 5.91 Å². The molecule has 0 fully saturated rings. The molecule has 0 aliphatic carbocycles. The van der Waals surface area contributed by atoms with Crippen LogP contribution in [0.3, 0.4) is 0 Å². The molecule has 2 rings (SSSR count). The summed E-state index contributed by atoms with van der Waals surface area (Å²) in [7, 11) is 3.28. The van der Waals surface area contributed by atoms with Crippen LogP contribution in [0.2, 0.25) is 0 Å². The zero-order valence-electron chi connectivity index (χ0n) is 12.8. The van der Waals surface area contributed by atoms with E-state index in [2.05, 4.69) is 21.2 Å². The van der Waals surface area contributed by atoms with Crippen molar-refractivity contribution >= 4 is 32.6 Å². The fourth-order valence-corrected chi connectivity index (χ4v) is 2.76. The summed E-state index contributed by atoms with van der Waals surface area (Å²) in [6.07, 6.45) is 1.11. The highest BCUT2D eigenvalue weighted by Gasteiger charge is 2.12. The first-order chi connectivity index (χ1) is 10.7. The largest absolute Gasteiger partial charge is 0.496 e. The minimum Gasteiger partial charge on any atom is -0.496 e. The van der Waals surface area contributed by atoms with Crippen LogP contribution >= 0.6 is 15.9 Å². The maximum absolute atomic E-state index is 12.1. The summed E-state index contributed by atoms with van der Waals surface area (Å²) in [4.78, 5) is 12.1. The molecule has 2 aromatic rings. The highest BCUT2D eigenvalue weighted by atomic mass is 79.9. The van der Waals surface area contributed by atoms with Gasteiger partial charge >= 0.3 is 0 Å². The molecule has 0 unspecified atom stereocenters. The molecule has 0 aliphatic heterocycles. The Balaban J connectivity index is 2.19. The van der Waals surface area contributed by atoms with Crippen molar-refractivity contribution in [3.8, 4) is 5.75 Å². The number of fused-ring (bicyclic) bond motifs is 1. The van der Waals surface area contributed by atoms with Gasteiger partial charge in [0.2, 0.25) is 5.91 Å². The van der Waals surface area contributed by atoms with Gasteiger partial charge in [0.15, 0.2) is 0 Å². The molecule has 0 aliphatic rings. The molecule has 0 spiro atoms. The summed E-state index contributed by atoms with van der Waals surface area (Å²) in [6, 6.07) is 9.92. The number of carbonyl (C=O) groups is 1. The fraction of sp³-hybridized carbons (Fsp3) is 0.353. The van der Waals surface area contributed by atoms with E-state index in [4.69, 9.17) is 9.47 Å². The summed E-state index contributed by atoms with van der Waals surface area (Å²) in [5, 5.41) is 5.03. The molecule has 5 heteroatoms. The average molecular weight is 366 g/mol. The Morgan fingerprint density at radius 1 is 1.23 bits per heavy atom. The Morgan fingerprint density at radius 3 is 2.77 bits per heavy atom. The van der Waals surface area contributed by atoms with Gasteiger partial charge in [0.25, 0.3) is 0 Å². The summed E-state index contributed by atoms with van der Waals surface area (Å²) in [6.45, 7) is 1.26. The molecule has 1 N–H and O–H groups in total. The number of carbonyl (C=O) groups excluding carboxylic acids is 1. The van der Waals surface area contributed by atoms with Crippen LogP contribution in [-0.2, 0) is 16.0 Å². The smallest absolute Gasteiger partial charge is 0.224 e. The van der Waals surface area contributed by atoms with E-state index in [1.807, 2.05) is 30.3 Å². The molecule has 0 radical (unpaired) electrons. The average Bonchev–Trinajstić information content (AvgIpc) is 2.51. The molecule has 0 saturated carbocycles. The first-order valence-corrected chi connectivity index (χ1v) is 7.95. The number of methoxy groups -OCH3 is 2. The van der Waals surface area contributed by atoms with E-state index >= 15 is 0 Å². The van der Waals surface area contributed by atoms with Crippen molar-refractivity contribution in [2.75, 3.05) is 27.4 Å². The third kappa shape index (κ3) is 4.21. The Morgan fingerprint density at radius 2 is 2.05 bits per heavy atom. The van der Waals surface area contributed by atoms with Gasteiger partial charge in [-0.3, -0.25) is 4.79 Å². The third-order valence-corrected chi connectivity index (χ3v) is 3.95. The molecule has 0 heterocycles. The van der Waals surface area contributed by atoms with Crippen molar-refractivity contribution in [3.63, 3.8) is 0 Å². The normalized spacial score (nSPS) is 10.7. The number of amides is 1. The van der Waals surface area contributed by atoms with E-state index in [0.29, 0.717) is 19.6 Å².